The average Bonchev–Trinajstić information content (AvgIpc) is 2.33. The molecule has 0 aromatic heterocycles. The van der Waals surface area contributed by atoms with Crippen LogP contribution in [0.5, 0.6) is 0 Å². The molecule has 1 aromatic rings. The molecule has 0 amide bonds. The van der Waals surface area contributed by atoms with Crippen LogP contribution in [0.1, 0.15) is 63.0 Å². The maximum Gasteiger partial charge on any atom is 0.303 e. The highest BCUT2D eigenvalue weighted by atomic mass is 16.4. The zero-order valence-corrected chi connectivity index (χ0v) is 11.5. The van der Waals surface area contributed by atoms with Crippen molar-refractivity contribution >= 4 is 5.97 Å². The Kier molecular flexibility index (Phi) is 6.48. The van der Waals surface area contributed by atoms with Gasteiger partial charge in [-0.3, -0.25) is 4.79 Å². The molecule has 2 nitrogen and oxygen atoms in total. The molecule has 0 heterocycles. The normalized spacial score (nSPS) is 10.8. The molecular weight excluding hydrogens is 224 g/mol. The number of benzene rings is 1. The maximum absolute atomic E-state index is 10.4. The number of carboxylic acids is 1. The smallest absolute Gasteiger partial charge is 0.303 e. The summed E-state index contributed by atoms with van der Waals surface area (Å²) in [4.78, 5) is 10.4. The van der Waals surface area contributed by atoms with Gasteiger partial charge in [0, 0.05) is 6.42 Å². The molecule has 0 radical (unpaired) electrons. The van der Waals surface area contributed by atoms with Gasteiger partial charge in [0.05, 0.1) is 0 Å². The number of carbonyl (C=O) groups is 1. The van der Waals surface area contributed by atoms with E-state index in [1.54, 1.807) is 0 Å². The van der Waals surface area contributed by atoms with Gasteiger partial charge in [-0.15, -0.1) is 0 Å². The lowest BCUT2D eigenvalue weighted by atomic mass is 9.98. The highest BCUT2D eigenvalue weighted by molar-refractivity contribution is 5.66. The van der Waals surface area contributed by atoms with Crippen LogP contribution >= 0.6 is 0 Å². The third-order valence-corrected chi connectivity index (χ3v) is 3.22. The highest BCUT2D eigenvalue weighted by Crippen LogP contribution is 2.17. The van der Waals surface area contributed by atoms with Gasteiger partial charge in [-0.25, -0.2) is 0 Å². The Morgan fingerprint density at radius 3 is 2.56 bits per heavy atom. The van der Waals surface area contributed by atoms with Crippen molar-refractivity contribution in [1.29, 1.82) is 0 Å². The first-order valence-corrected chi connectivity index (χ1v) is 6.90. The topological polar surface area (TPSA) is 37.3 Å². The number of aliphatic carboxylic acids is 1. The molecule has 0 aliphatic rings. The first-order chi connectivity index (χ1) is 8.59. The summed E-state index contributed by atoms with van der Waals surface area (Å²) >= 11 is 0. The number of hydrogen-bond acceptors (Lipinski definition) is 1. The van der Waals surface area contributed by atoms with E-state index in [4.69, 9.17) is 5.11 Å². The molecule has 0 aliphatic carbocycles. The third kappa shape index (κ3) is 5.85. The van der Waals surface area contributed by atoms with Gasteiger partial charge in [0.25, 0.3) is 0 Å². The first-order valence-electron chi connectivity index (χ1n) is 6.90. The van der Waals surface area contributed by atoms with Gasteiger partial charge < -0.3 is 5.11 Å². The fourth-order valence-corrected chi connectivity index (χ4v) is 2.07. The summed E-state index contributed by atoms with van der Waals surface area (Å²) in [5.74, 6) is -0.0971. The summed E-state index contributed by atoms with van der Waals surface area (Å²) in [7, 11) is 0. The Hall–Kier alpha value is -1.31. The largest absolute Gasteiger partial charge is 0.481 e. The molecule has 0 unspecified atom stereocenters. The second-order valence-electron chi connectivity index (χ2n) is 5.21. The Labute approximate surface area is 110 Å². The monoisotopic (exact) mass is 248 g/mol. The van der Waals surface area contributed by atoms with Crippen LogP contribution in [0.4, 0.5) is 0 Å². The van der Waals surface area contributed by atoms with Gasteiger partial charge in [0.2, 0.25) is 0 Å². The van der Waals surface area contributed by atoms with Crippen molar-refractivity contribution in [3.63, 3.8) is 0 Å². The molecule has 1 aromatic carbocycles. The quantitative estimate of drug-likeness (QED) is 0.693. The van der Waals surface area contributed by atoms with Crippen LogP contribution in [0, 0.1) is 0 Å². The fourth-order valence-electron chi connectivity index (χ4n) is 2.07. The molecular formula is C16H24O2. The van der Waals surface area contributed by atoms with E-state index in [-0.39, 0.29) is 0 Å². The van der Waals surface area contributed by atoms with E-state index in [0.717, 1.165) is 32.1 Å². The van der Waals surface area contributed by atoms with Crippen molar-refractivity contribution in [2.75, 3.05) is 0 Å². The van der Waals surface area contributed by atoms with Crippen LogP contribution in [0.15, 0.2) is 24.3 Å². The summed E-state index contributed by atoms with van der Waals surface area (Å²) in [6.07, 6.45) is 5.52. The first kappa shape index (κ1) is 14.7. The lowest BCUT2D eigenvalue weighted by Gasteiger charge is -2.08. The zero-order valence-electron chi connectivity index (χ0n) is 11.5. The Morgan fingerprint density at radius 1 is 1.17 bits per heavy atom. The predicted octanol–water partition coefficient (Wildman–Crippen LogP) is 4.39. The molecule has 1 N–H and O–H groups in total. The molecule has 1 rings (SSSR count). The third-order valence-electron chi connectivity index (χ3n) is 3.22. The maximum atomic E-state index is 10.4. The molecule has 2 heteroatoms. The lowest BCUT2D eigenvalue weighted by Crippen LogP contribution is -1.94. The van der Waals surface area contributed by atoms with Crippen LogP contribution in [0.25, 0.3) is 0 Å². The van der Waals surface area contributed by atoms with Crippen molar-refractivity contribution in [2.24, 2.45) is 0 Å². The van der Waals surface area contributed by atoms with Gasteiger partial charge in [-0.1, -0.05) is 51.0 Å². The molecule has 100 valence electrons. The SMILES string of the molecule is CC(C)c1cccc(CCCCCCC(=O)O)c1. The minimum atomic E-state index is -0.681. The Balaban J connectivity index is 2.23. The molecule has 0 aliphatic heterocycles. The van der Waals surface area contributed by atoms with Crippen molar-refractivity contribution < 1.29 is 9.90 Å². The van der Waals surface area contributed by atoms with Crippen LogP contribution in [0.3, 0.4) is 0 Å². The Bertz CT molecular complexity index is 369. The summed E-state index contributed by atoms with van der Waals surface area (Å²) in [5.41, 5.74) is 2.80. The minimum absolute atomic E-state index is 0.308. The van der Waals surface area contributed by atoms with Crippen molar-refractivity contribution in [1.82, 2.24) is 0 Å². The van der Waals surface area contributed by atoms with E-state index in [1.807, 2.05) is 0 Å². The molecule has 0 saturated heterocycles. The second kappa shape index (κ2) is 7.91. The summed E-state index contributed by atoms with van der Waals surface area (Å²) in [6, 6.07) is 8.79. The predicted molar refractivity (Wildman–Crippen MR) is 75.0 cm³/mol. The van der Waals surface area contributed by atoms with E-state index >= 15 is 0 Å². The molecule has 0 fully saturated rings. The minimum Gasteiger partial charge on any atom is -0.481 e. The van der Waals surface area contributed by atoms with E-state index in [9.17, 15) is 4.79 Å². The highest BCUT2D eigenvalue weighted by Gasteiger charge is 2.01. The average molecular weight is 248 g/mol. The van der Waals surface area contributed by atoms with E-state index in [2.05, 4.69) is 38.1 Å². The summed E-state index contributed by atoms with van der Waals surface area (Å²) in [6.45, 7) is 4.43. The van der Waals surface area contributed by atoms with E-state index < -0.39 is 5.97 Å². The number of aryl methyl sites for hydroxylation is 1. The van der Waals surface area contributed by atoms with Gasteiger partial charge >= 0.3 is 5.97 Å². The van der Waals surface area contributed by atoms with Crippen molar-refractivity contribution in [3.8, 4) is 0 Å². The van der Waals surface area contributed by atoms with Gasteiger partial charge in [-0.05, 0) is 36.3 Å². The summed E-state index contributed by atoms with van der Waals surface area (Å²) < 4.78 is 0. The standard InChI is InChI=1S/C16H24O2/c1-13(2)15-10-7-9-14(12-15)8-5-3-4-6-11-16(17)18/h7,9-10,12-13H,3-6,8,11H2,1-2H3,(H,17,18). The lowest BCUT2D eigenvalue weighted by molar-refractivity contribution is -0.137. The van der Waals surface area contributed by atoms with Crippen LogP contribution < -0.4 is 0 Å². The molecule has 18 heavy (non-hydrogen) atoms. The Morgan fingerprint density at radius 2 is 1.89 bits per heavy atom. The van der Waals surface area contributed by atoms with E-state index in [1.165, 1.54) is 11.1 Å². The van der Waals surface area contributed by atoms with Crippen LogP contribution in [-0.2, 0) is 11.2 Å². The van der Waals surface area contributed by atoms with Gasteiger partial charge in [0.1, 0.15) is 0 Å². The number of rotatable bonds is 8. The number of unbranched alkanes of at least 4 members (excludes halogenated alkanes) is 3. The molecule has 0 saturated carbocycles. The zero-order chi connectivity index (χ0) is 13.4. The fraction of sp³-hybridized carbons (Fsp3) is 0.562. The number of hydrogen-bond donors (Lipinski definition) is 1. The van der Waals surface area contributed by atoms with Crippen molar-refractivity contribution in [3.05, 3.63) is 35.4 Å². The van der Waals surface area contributed by atoms with Gasteiger partial charge in [0.15, 0.2) is 0 Å². The second-order valence-corrected chi connectivity index (χ2v) is 5.21. The molecule has 0 bridgehead atoms. The van der Waals surface area contributed by atoms with Crippen LogP contribution in [0.2, 0.25) is 0 Å². The number of carboxylic acid groups (broad SMARTS) is 1. The molecule has 0 atom stereocenters. The van der Waals surface area contributed by atoms with Gasteiger partial charge in [-0.2, -0.15) is 0 Å². The summed E-state index contributed by atoms with van der Waals surface area (Å²) in [5, 5.41) is 8.53. The van der Waals surface area contributed by atoms with E-state index in [0.29, 0.717) is 12.3 Å². The van der Waals surface area contributed by atoms with Crippen molar-refractivity contribution in [2.45, 2.75) is 58.3 Å². The molecule has 0 spiro atoms. The van der Waals surface area contributed by atoms with Crippen LogP contribution in [-0.4, -0.2) is 11.1 Å².